The number of anilines is 1. The normalized spacial score (nSPS) is 14.4. The van der Waals surface area contributed by atoms with Crippen LogP contribution in [0.15, 0.2) is 58.5 Å². The molecule has 0 bridgehead atoms. The molecular weight excluding hydrogens is 377 g/mol. The lowest BCUT2D eigenvalue weighted by molar-refractivity contribution is -0.915. The number of halogens is 1. The minimum atomic E-state index is -0.342. The Kier molecular flexibility index (Phi) is 7.02. The van der Waals surface area contributed by atoms with Gasteiger partial charge in [0, 0.05) is 12.6 Å². The number of rotatable bonds is 8. The fourth-order valence-corrected chi connectivity index (χ4v) is 3.21. The number of carbonyl (C=O) groups excluding carboxylic acids is 1. The first-order valence-corrected chi connectivity index (χ1v) is 9.52. The minimum Gasteiger partial charge on any atom is -0.477 e. The second kappa shape index (κ2) is 9.88. The molecule has 1 aliphatic rings. The highest BCUT2D eigenvalue weighted by atomic mass is 19.1. The van der Waals surface area contributed by atoms with E-state index in [1.165, 1.54) is 23.3 Å². The summed E-state index contributed by atoms with van der Waals surface area (Å²) in [7, 11) is 0. The number of nitrogens with zero attached hydrogens (tertiary/aromatic N) is 1. The van der Waals surface area contributed by atoms with Gasteiger partial charge >= 0.3 is 0 Å². The van der Waals surface area contributed by atoms with E-state index in [0.717, 1.165) is 26.2 Å². The Morgan fingerprint density at radius 3 is 2.79 bits per heavy atom. The van der Waals surface area contributed by atoms with Crippen molar-refractivity contribution in [3.63, 3.8) is 0 Å². The Labute approximate surface area is 168 Å². The molecule has 2 N–H and O–H groups in total. The van der Waals surface area contributed by atoms with Crippen molar-refractivity contribution in [2.75, 3.05) is 44.2 Å². The van der Waals surface area contributed by atoms with Crippen LogP contribution in [-0.4, -0.2) is 45.2 Å². The smallest absolute Gasteiger partial charge is 0.258 e. The largest absolute Gasteiger partial charge is 0.477 e. The molecule has 2 heterocycles. The number of ether oxygens (including phenoxy) is 1. The summed E-state index contributed by atoms with van der Waals surface area (Å²) >= 11 is 0. The van der Waals surface area contributed by atoms with Crippen LogP contribution in [0.2, 0.25) is 0 Å². The quantitative estimate of drug-likeness (QED) is 0.624. The third-order valence-electron chi connectivity index (χ3n) is 4.74. The van der Waals surface area contributed by atoms with E-state index in [2.05, 4.69) is 11.9 Å². The van der Waals surface area contributed by atoms with E-state index in [0.29, 0.717) is 24.5 Å². The van der Waals surface area contributed by atoms with Crippen molar-refractivity contribution < 1.29 is 23.2 Å². The van der Waals surface area contributed by atoms with E-state index in [4.69, 9.17) is 9.15 Å². The highest BCUT2D eigenvalue weighted by molar-refractivity contribution is 5.77. The molecule has 0 radical (unpaired) electrons. The lowest BCUT2D eigenvalue weighted by Crippen LogP contribution is -3.13. The Morgan fingerprint density at radius 1 is 1.34 bits per heavy atom. The molecule has 8 heteroatoms. The van der Waals surface area contributed by atoms with Gasteiger partial charge in [0.25, 0.3) is 5.91 Å². The number of quaternary nitrogens is 1. The number of carbonyl (C=O) groups is 1. The SMILES string of the molecule is C=CCNC(=O)COc1coc(C[NH+]2CCN(c3ccccc3F)CC2)cc1=O. The third kappa shape index (κ3) is 5.68. The van der Waals surface area contributed by atoms with Crippen LogP contribution in [0.25, 0.3) is 0 Å². The molecule has 3 rings (SSSR count). The number of para-hydroxylation sites is 1. The van der Waals surface area contributed by atoms with Crippen LogP contribution in [0.4, 0.5) is 10.1 Å². The number of nitrogens with one attached hydrogen (secondary N) is 2. The maximum Gasteiger partial charge on any atom is 0.258 e. The van der Waals surface area contributed by atoms with Crippen molar-refractivity contribution in [3.05, 3.63) is 71.1 Å². The van der Waals surface area contributed by atoms with Gasteiger partial charge in [-0.15, -0.1) is 6.58 Å². The molecule has 0 spiro atoms. The van der Waals surface area contributed by atoms with Crippen molar-refractivity contribution in [3.8, 4) is 5.75 Å². The fourth-order valence-electron chi connectivity index (χ4n) is 3.21. The van der Waals surface area contributed by atoms with Crippen LogP contribution < -0.4 is 25.3 Å². The van der Waals surface area contributed by atoms with Crippen LogP contribution >= 0.6 is 0 Å². The summed E-state index contributed by atoms with van der Waals surface area (Å²) in [5, 5.41) is 2.56. The van der Waals surface area contributed by atoms with E-state index in [1.54, 1.807) is 18.2 Å². The van der Waals surface area contributed by atoms with Crippen molar-refractivity contribution in [2.45, 2.75) is 6.54 Å². The molecule has 0 saturated carbocycles. The summed E-state index contributed by atoms with van der Waals surface area (Å²) in [4.78, 5) is 27.0. The topological polar surface area (TPSA) is 76.2 Å². The van der Waals surface area contributed by atoms with E-state index in [1.807, 2.05) is 11.0 Å². The lowest BCUT2D eigenvalue weighted by Gasteiger charge is -2.33. The minimum absolute atomic E-state index is 0.00174. The molecule has 29 heavy (non-hydrogen) atoms. The molecule has 1 aromatic heterocycles. The predicted octanol–water partition coefficient (Wildman–Crippen LogP) is 0.365. The van der Waals surface area contributed by atoms with Gasteiger partial charge in [-0.3, -0.25) is 9.59 Å². The van der Waals surface area contributed by atoms with Gasteiger partial charge < -0.3 is 24.3 Å². The van der Waals surface area contributed by atoms with Crippen LogP contribution in [0.5, 0.6) is 5.75 Å². The van der Waals surface area contributed by atoms with Gasteiger partial charge in [0.2, 0.25) is 11.2 Å². The summed E-state index contributed by atoms with van der Waals surface area (Å²) in [5.41, 5.74) is 0.295. The fraction of sp³-hybridized carbons (Fsp3) is 0.333. The van der Waals surface area contributed by atoms with Crippen LogP contribution in [0, 0.1) is 5.82 Å². The number of hydrogen-bond donors (Lipinski definition) is 2. The van der Waals surface area contributed by atoms with Crippen molar-refractivity contribution in [2.24, 2.45) is 0 Å². The van der Waals surface area contributed by atoms with Crippen LogP contribution in [-0.2, 0) is 11.3 Å². The number of amides is 1. The van der Waals surface area contributed by atoms with Crippen molar-refractivity contribution in [1.82, 2.24) is 5.32 Å². The predicted molar refractivity (Wildman–Crippen MR) is 107 cm³/mol. The highest BCUT2D eigenvalue weighted by Crippen LogP contribution is 2.18. The van der Waals surface area contributed by atoms with Gasteiger partial charge in [-0.25, -0.2) is 4.39 Å². The highest BCUT2D eigenvalue weighted by Gasteiger charge is 2.23. The zero-order valence-electron chi connectivity index (χ0n) is 16.2. The first-order valence-electron chi connectivity index (χ1n) is 9.52. The summed E-state index contributed by atoms with van der Waals surface area (Å²) < 4.78 is 24.7. The standard InChI is InChI=1S/C21H24FN3O4/c1-2-7-23-21(27)15-29-20-14-28-16(12-19(20)26)13-24-8-10-25(11-9-24)18-6-4-3-5-17(18)22/h2-6,12,14H,1,7-11,13,15H2,(H,23,27)/p+1. The van der Waals surface area contributed by atoms with Crippen molar-refractivity contribution >= 4 is 11.6 Å². The van der Waals surface area contributed by atoms with E-state index < -0.39 is 0 Å². The third-order valence-corrected chi connectivity index (χ3v) is 4.74. The average molecular weight is 402 g/mol. The maximum atomic E-state index is 13.9. The first-order chi connectivity index (χ1) is 14.1. The van der Waals surface area contributed by atoms with Gasteiger partial charge in [0.05, 0.1) is 31.9 Å². The molecule has 7 nitrogen and oxygen atoms in total. The summed E-state index contributed by atoms with van der Waals surface area (Å²) in [6.07, 6.45) is 2.80. The number of benzene rings is 1. The molecule has 2 aromatic rings. The molecule has 1 aromatic carbocycles. The molecule has 0 atom stereocenters. The van der Waals surface area contributed by atoms with E-state index >= 15 is 0 Å². The van der Waals surface area contributed by atoms with Gasteiger partial charge in [-0.1, -0.05) is 18.2 Å². The second-order valence-corrected chi connectivity index (χ2v) is 6.82. The zero-order chi connectivity index (χ0) is 20.6. The molecule has 1 fully saturated rings. The molecule has 1 amide bonds. The van der Waals surface area contributed by atoms with E-state index in [-0.39, 0.29) is 29.5 Å². The summed E-state index contributed by atoms with van der Waals surface area (Å²) in [5.74, 6) is -0.00377. The monoisotopic (exact) mass is 402 g/mol. The Bertz CT molecular complexity index is 907. The summed E-state index contributed by atoms with van der Waals surface area (Å²) in [6, 6.07) is 8.17. The molecule has 1 saturated heterocycles. The Morgan fingerprint density at radius 2 is 2.10 bits per heavy atom. The van der Waals surface area contributed by atoms with Gasteiger partial charge in [0.15, 0.2) is 12.4 Å². The zero-order valence-corrected chi connectivity index (χ0v) is 16.2. The molecule has 0 aliphatic carbocycles. The lowest BCUT2D eigenvalue weighted by atomic mass is 10.2. The van der Waals surface area contributed by atoms with Crippen LogP contribution in [0.3, 0.4) is 0 Å². The molecular formula is C21H25FN3O4+. The maximum absolute atomic E-state index is 13.9. The molecule has 0 unspecified atom stereocenters. The van der Waals surface area contributed by atoms with Gasteiger partial charge in [-0.05, 0) is 12.1 Å². The van der Waals surface area contributed by atoms with E-state index in [9.17, 15) is 14.0 Å². The molecule has 1 aliphatic heterocycles. The Balaban J connectivity index is 1.50. The Hall–Kier alpha value is -3.13. The van der Waals surface area contributed by atoms with Crippen LogP contribution in [0.1, 0.15) is 5.76 Å². The summed E-state index contributed by atoms with van der Waals surface area (Å²) in [6.45, 7) is 7.19. The first kappa shape index (κ1) is 20.6. The van der Waals surface area contributed by atoms with Gasteiger partial charge in [-0.2, -0.15) is 0 Å². The van der Waals surface area contributed by atoms with Crippen molar-refractivity contribution in [1.29, 1.82) is 0 Å². The second-order valence-electron chi connectivity index (χ2n) is 6.82. The number of piperazine rings is 1. The molecule has 154 valence electrons. The average Bonchev–Trinajstić information content (AvgIpc) is 2.73. The van der Waals surface area contributed by atoms with Gasteiger partial charge in [0.1, 0.15) is 18.6 Å². The number of hydrogen-bond acceptors (Lipinski definition) is 5.